The summed E-state index contributed by atoms with van der Waals surface area (Å²) >= 11 is 0. The van der Waals surface area contributed by atoms with Crippen molar-refractivity contribution < 1.29 is 28.6 Å². The lowest BCUT2D eigenvalue weighted by Crippen LogP contribution is -2.30. The minimum Gasteiger partial charge on any atom is -0.462 e. The summed E-state index contributed by atoms with van der Waals surface area (Å²) < 4.78 is 16.7. The molecule has 0 saturated heterocycles. The highest BCUT2D eigenvalue weighted by Gasteiger charge is 2.19. The van der Waals surface area contributed by atoms with Crippen LogP contribution in [0.15, 0.2) is 109 Å². The van der Waals surface area contributed by atoms with E-state index in [1.165, 1.54) is 109 Å². The van der Waals surface area contributed by atoms with E-state index in [-0.39, 0.29) is 31.1 Å². The molecule has 0 saturated carbocycles. The monoisotopic (exact) mass is 999 g/mol. The second kappa shape index (κ2) is 59.6. The average Bonchev–Trinajstić information content (AvgIpc) is 3.38. The number of hydrogen-bond acceptors (Lipinski definition) is 6. The normalized spacial score (nSPS) is 12.9. The molecule has 0 aliphatic carbocycles. The molecule has 0 radical (unpaired) electrons. The van der Waals surface area contributed by atoms with Gasteiger partial charge in [0.15, 0.2) is 6.10 Å². The van der Waals surface area contributed by atoms with Gasteiger partial charge in [-0.15, -0.1) is 0 Å². The van der Waals surface area contributed by atoms with Crippen molar-refractivity contribution in [2.75, 3.05) is 13.2 Å². The number of rotatable bonds is 53. The van der Waals surface area contributed by atoms with E-state index in [9.17, 15) is 14.4 Å². The first-order valence-corrected chi connectivity index (χ1v) is 29.9. The van der Waals surface area contributed by atoms with Crippen molar-refractivity contribution in [1.29, 1.82) is 0 Å². The Morgan fingerprint density at radius 1 is 0.292 bits per heavy atom. The van der Waals surface area contributed by atoms with Crippen LogP contribution in [0.1, 0.15) is 271 Å². The third-order valence-corrected chi connectivity index (χ3v) is 12.5. The van der Waals surface area contributed by atoms with Crippen LogP contribution in [-0.2, 0) is 28.6 Å². The Kier molecular flexibility index (Phi) is 56.4. The smallest absolute Gasteiger partial charge is 0.306 e. The van der Waals surface area contributed by atoms with E-state index in [0.717, 1.165) is 122 Å². The molecule has 0 aromatic heterocycles. The molecule has 0 aliphatic heterocycles. The number of ether oxygens (including phenoxy) is 3. The second-order valence-corrected chi connectivity index (χ2v) is 19.5. The Labute approximate surface area is 444 Å². The van der Waals surface area contributed by atoms with Gasteiger partial charge in [-0.3, -0.25) is 14.4 Å². The zero-order chi connectivity index (χ0) is 52.2. The molecule has 0 fully saturated rings. The maximum absolute atomic E-state index is 12.8. The summed E-state index contributed by atoms with van der Waals surface area (Å²) in [5.74, 6) is -0.898. The zero-order valence-corrected chi connectivity index (χ0v) is 46.9. The Morgan fingerprint density at radius 2 is 0.542 bits per heavy atom. The fourth-order valence-corrected chi connectivity index (χ4v) is 8.08. The van der Waals surface area contributed by atoms with Crippen LogP contribution in [0.3, 0.4) is 0 Å². The molecule has 0 rings (SSSR count). The summed E-state index contributed by atoms with van der Waals surface area (Å²) in [7, 11) is 0. The fourth-order valence-electron chi connectivity index (χ4n) is 8.08. The quantitative estimate of drug-likeness (QED) is 0.0261. The molecule has 72 heavy (non-hydrogen) atoms. The molecule has 6 heteroatoms. The van der Waals surface area contributed by atoms with Crippen LogP contribution in [0.25, 0.3) is 0 Å². The second-order valence-electron chi connectivity index (χ2n) is 19.5. The molecule has 0 aromatic rings. The number of carbonyl (C=O) groups excluding carboxylic acids is 3. The molecule has 0 bridgehead atoms. The highest BCUT2D eigenvalue weighted by molar-refractivity contribution is 5.71. The van der Waals surface area contributed by atoms with Crippen molar-refractivity contribution in [2.24, 2.45) is 0 Å². The maximum Gasteiger partial charge on any atom is 0.306 e. The van der Waals surface area contributed by atoms with Crippen LogP contribution < -0.4 is 0 Å². The summed E-state index contributed by atoms with van der Waals surface area (Å²) in [6.07, 6.45) is 81.2. The van der Waals surface area contributed by atoms with Crippen molar-refractivity contribution in [3.63, 3.8) is 0 Å². The molecule has 0 aliphatic rings. The molecule has 0 amide bonds. The van der Waals surface area contributed by atoms with E-state index in [1.54, 1.807) is 0 Å². The zero-order valence-electron chi connectivity index (χ0n) is 46.9. The predicted molar refractivity (Wildman–Crippen MR) is 311 cm³/mol. The Balaban J connectivity index is 4.08. The van der Waals surface area contributed by atoms with E-state index in [2.05, 4.69) is 130 Å². The first-order valence-electron chi connectivity index (χ1n) is 29.9. The van der Waals surface area contributed by atoms with Gasteiger partial charge in [-0.2, -0.15) is 0 Å². The topological polar surface area (TPSA) is 78.9 Å². The minimum absolute atomic E-state index is 0.0791. The largest absolute Gasteiger partial charge is 0.462 e. The Morgan fingerprint density at radius 3 is 0.847 bits per heavy atom. The van der Waals surface area contributed by atoms with Gasteiger partial charge in [0.1, 0.15) is 13.2 Å². The van der Waals surface area contributed by atoms with Gasteiger partial charge in [0.2, 0.25) is 0 Å². The first kappa shape index (κ1) is 68.1. The van der Waals surface area contributed by atoms with Gasteiger partial charge in [-0.25, -0.2) is 0 Å². The Hall–Kier alpha value is -3.93. The minimum atomic E-state index is -0.777. The fraction of sp³-hybridized carbons (Fsp3) is 0.682. The third-order valence-electron chi connectivity index (χ3n) is 12.5. The van der Waals surface area contributed by atoms with E-state index in [1.807, 2.05) is 0 Å². The van der Waals surface area contributed by atoms with E-state index < -0.39 is 6.10 Å². The number of allylic oxidation sites excluding steroid dienone is 18. The van der Waals surface area contributed by atoms with Gasteiger partial charge in [0.25, 0.3) is 0 Å². The van der Waals surface area contributed by atoms with Crippen LogP contribution in [0.4, 0.5) is 0 Å². The van der Waals surface area contributed by atoms with Crippen molar-refractivity contribution in [1.82, 2.24) is 0 Å². The molecule has 0 heterocycles. The van der Waals surface area contributed by atoms with E-state index in [0.29, 0.717) is 19.3 Å². The highest BCUT2D eigenvalue weighted by atomic mass is 16.6. The number of carbonyl (C=O) groups is 3. The summed E-state index contributed by atoms with van der Waals surface area (Å²) in [4.78, 5) is 37.8. The standard InChI is InChI=1S/C66H110O6/c1-4-7-10-13-16-18-20-22-23-24-25-26-27-28-29-30-31-32-33-34-35-36-37-38-39-40-41-42-43-45-46-48-50-53-56-59-65(68)71-62-63(61-70-64(67)58-55-52-15-12-9-6-3)72-66(69)60-57-54-51-49-47-44-21-19-17-14-11-8-5-2/h7,10,16,18,22-23,25-26,28-29,31-32,34-35,37-38,40-41,63H,4-6,8-9,11-15,17,19-21,24,27,30,33,36,39,42-62H2,1-3H3/b10-7-,18-16-,23-22-,26-25-,29-28-,32-31-,35-34-,38-37-,41-40-. The van der Waals surface area contributed by atoms with Gasteiger partial charge in [0, 0.05) is 19.3 Å². The van der Waals surface area contributed by atoms with Gasteiger partial charge < -0.3 is 14.2 Å². The van der Waals surface area contributed by atoms with Crippen LogP contribution in [0, 0.1) is 0 Å². The van der Waals surface area contributed by atoms with Gasteiger partial charge in [0.05, 0.1) is 0 Å². The third kappa shape index (κ3) is 57.0. The summed E-state index contributed by atoms with van der Waals surface area (Å²) in [6, 6.07) is 0. The van der Waals surface area contributed by atoms with Crippen LogP contribution in [0.5, 0.6) is 0 Å². The van der Waals surface area contributed by atoms with Crippen molar-refractivity contribution in [3.05, 3.63) is 109 Å². The molecule has 0 N–H and O–H groups in total. The van der Waals surface area contributed by atoms with Crippen molar-refractivity contribution >= 4 is 17.9 Å². The number of hydrogen-bond donors (Lipinski definition) is 0. The lowest BCUT2D eigenvalue weighted by Gasteiger charge is -2.18. The highest BCUT2D eigenvalue weighted by Crippen LogP contribution is 2.15. The maximum atomic E-state index is 12.8. The Bertz CT molecular complexity index is 1470. The average molecular weight is 1000 g/mol. The van der Waals surface area contributed by atoms with Gasteiger partial charge in [-0.1, -0.05) is 271 Å². The molecule has 1 atom stereocenters. The first-order chi connectivity index (χ1) is 35.5. The summed E-state index contributed by atoms with van der Waals surface area (Å²) in [6.45, 7) is 6.46. The molecule has 1 unspecified atom stereocenters. The number of esters is 3. The molecular weight excluding hydrogens is 889 g/mol. The van der Waals surface area contributed by atoms with Crippen molar-refractivity contribution in [3.8, 4) is 0 Å². The van der Waals surface area contributed by atoms with Crippen molar-refractivity contribution in [2.45, 2.75) is 277 Å². The molecule has 0 aromatic carbocycles. The molecule has 0 spiro atoms. The lowest BCUT2D eigenvalue weighted by molar-refractivity contribution is -0.167. The van der Waals surface area contributed by atoms with Crippen LogP contribution in [0.2, 0.25) is 0 Å². The van der Waals surface area contributed by atoms with E-state index in [4.69, 9.17) is 14.2 Å². The van der Waals surface area contributed by atoms with Gasteiger partial charge >= 0.3 is 17.9 Å². The predicted octanol–water partition coefficient (Wildman–Crippen LogP) is 20.3. The number of unbranched alkanes of at least 4 members (excludes halogenated alkanes) is 24. The molecule has 6 nitrogen and oxygen atoms in total. The van der Waals surface area contributed by atoms with Gasteiger partial charge in [-0.05, 0) is 89.9 Å². The molecule has 410 valence electrons. The summed E-state index contributed by atoms with van der Waals surface area (Å²) in [5, 5.41) is 0. The summed E-state index contributed by atoms with van der Waals surface area (Å²) in [5.41, 5.74) is 0. The van der Waals surface area contributed by atoms with E-state index >= 15 is 0 Å². The lowest BCUT2D eigenvalue weighted by atomic mass is 10.0. The SMILES string of the molecule is CC/C=C\C/C=C\C/C=C\C/C=C\C/C=C\C/C=C\C/C=C\C/C=C\C/C=C\CCCCCCCCCC(=O)OCC(COC(=O)CCCCCCCC)OC(=O)CCCCCCCCCCCCCCC. The van der Waals surface area contributed by atoms with Crippen LogP contribution >= 0.6 is 0 Å². The molecular formula is C66H110O6. The van der Waals surface area contributed by atoms with Crippen LogP contribution in [-0.4, -0.2) is 37.2 Å².